The predicted molar refractivity (Wildman–Crippen MR) is 104 cm³/mol. The Balaban J connectivity index is 3.01. The van der Waals surface area contributed by atoms with Gasteiger partial charge < -0.3 is 13.6 Å². The van der Waals surface area contributed by atoms with Gasteiger partial charge in [-0.3, -0.25) is 0 Å². The molecule has 0 radical (unpaired) electrons. The van der Waals surface area contributed by atoms with Crippen molar-refractivity contribution in [2.75, 3.05) is 0 Å². The number of hydrogen-bond acceptors (Lipinski definition) is 3. The molecule has 0 spiro atoms. The highest BCUT2D eigenvalue weighted by molar-refractivity contribution is 6.74. The second-order valence-electron chi connectivity index (χ2n) is 9.86. The zero-order valence-electron chi connectivity index (χ0n) is 17.1. The van der Waals surface area contributed by atoms with Crippen molar-refractivity contribution < 1.29 is 13.6 Å². The van der Waals surface area contributed by atoms with Gasteiger partial charge in [0.05, 0.1) is 12.4 Å². The van der Waals surface area contributed by atoms with Gasteiger partial charge in [-0.2, -0.15) is 0 Å². The molecule has 5 heteroatoms. The predicted octanol–water partition coefficient (Wildman–Crippen LogP) is 5.70. The van der Waals surface area contributed by atoms with E-state index in [9.17, 15) is 0 Å². The first-order valence-corrected chi connectivity index (χ1v) is 14.6. The lowest BCUT2D eigenvalue weighted by Gasteiger charge is -2.46. The third kappa shape index (κ3) is 4.94. The maximum Gasteiger partial charge on any atom is 0.193 e. The van der Waals surface area contributed by atoms with Crippen LogP contribution in [0.3, 0.4) is 0 Å². The average Bonchev–Trinajstić information content (AvgIpc) is 2.30. The van der Waals surface area contributed by atoms with Crippen LogP contribution in [0.1, 0.15) is 48.5 Å². The maximum atomic E-state index is 6.69. The van der Waals surface area contributed by atoms with Crippen LogP contribution in [0.15, 0.2) is 12.3 Å². The Morgan fingerprint density at radius 3 is 1.70 bits per heavy atom. The molecule has 0 aromatic carbocycles. The third-order valence-electron chi connectivity index (χ3n) is 5.82. The lowest BCUT2D eigenvalue weighted by atomic mass is 10.1. The molecule has 1 rings (SSSR count). The molecular weight excluding hydrogens is 320 g/mol. The first-order chi connectivity index (χ1) is 10.1. The largest absolute Gasteiger partial charge is 0.496 e. The van der Waals surface area contributed by atoms with Crippen molar-refractivity contribution in [3.8, 4) is 0 Å². The van der Waals surface area contributed by atoms with E-state index in [4.69, 9.17) is 13.6 Å². The molecule has 3 nitrogen and oxygen atoms in total. The van der Waals surface area contributed by atoms with Gasteiger partial charge in [0.25, 0.3) is 0 Å². The Labute approximate surface area is 146 Å². The van der Waals surface area contributed by atoms with E-state index in [-0.39, 0.29) is 28.4 Å². The van der Waals surface area contributed by atoms with Gasteiger partial charge in [-0.15, -0.1) is 0 Å². The fourth-order valence-electron chi connectivity index (χ4n) is 2.00. The quantitative estimate of drug-likeness (QED) is 0.603. The summed E-state index contributed by atoms with van der Waals surface area (Å²) in [6.07, 6.45) is 3.79. The van der Waals surface area contributed by atoms with Crippen LogP contribution < -0.4 is 0 Å². The lowest BCUT2D eigenvalue weighted by molar-refractivity contribution is -0.0422. The van der Waals surface area contributed by atoms with E-state index in [2.05, 4.69) is 74.7 Å². The van der Waals surface area contributed by atoms with E-state index >= 15 is 0 Å². The Hall–Kier alpha value is -0.106. The first kappa shape index (κ1) is 20.9. The molecule has 0 aliphatic carbocycles. The van der Waals surface area contributed by atoms with Crippen LogP contribution in [0.2, 0.25) is 36.3 Å². The SMILES string of the molecule is C[C@@H]1OC=C[C@H](O[Si](C)(C)C(C)(C)C)[C@@H]1O[Si](C)(C)C(C)(C)C. The van der Waals surface area contributed by atoms with E-state index in [0.717, 1.165) is 0 Å². The van der Waals surface area contributed by atoms with Crippen molar-refractivity contribution in [1.29, 1.82) is 0 Å². The van der Waals surface area contributed by atoms with Crippen LogP contribution in [0.4, 0.5) is 0 Å². The van der Waals surface area contributed by atoms with Crippen molar-refractivity contribution >= 4 is 16.6 Å². The molecule has 0 fully saturated rings. The van der Waals surface area contributed by atoms with Crippen LogP contribution in [0, 0.1) is 0 Å². The first-order valence-electron chi connectivity index (χ1n) is 8.76. The molecule has 0 bridgehead atoms. The molecule has 0 aromatic heterocycles. The third-order valence-corrected chi connectivity index (χ3v) is 14.8. The molecule has 0 amide bonds. The zero-order valence-corrected chi connectivity index (χ0v) is 19.1. The summed E-state index contributed by atoms with van der Waals surface area (Å²) in [6.45, 7) is 24.9. The topological polar surface area (TPSA) is 27.7 Å². The van der Waals surface area contributed by atoms with E-state index < -0.39 is 16.6 Å². The van der Waals surface area contributed by atoms with Gasteiger partial charge in [-0.1, -0.05) is 41.5 Å². The van der Waals surface area contributed by atoms with Gasteiger partial charge in [0.2, 0.25) is 0 Å². The molecule has 0 saturated heterocycles. The number of rotatable bonds is 4. The van der Waals surface area contributed by atoms with E-state index in [1.54, 1.807) is 6.26 Å². The fraction of sp³-hybridized carbons (Fsp3) is 0.889. The van der Waals surface area contributed by atoms with Gasteiger partial charge in [0.15, 0.2) is 16.6 Å². The normalized spacial score (nSPS) is 27.0. The van der Waals surface area contributed by atoms with Crippen LogP contribution in [0.25, 0.3) is 0 Å². The highest BCUT2D eigenvalue weighted by atomic mass is 28.4. The molecule has 1 aliphatic rings. The van der Waals surface area contributed by atoms with E-state index in [1.807, 2.05) is 6.08 Å². The minimum absolute atomic E-state index is 0.0175. The summed E-state index contributed by atoms with van der Waals surface area (Å²) < 4.78 is 19.1. The summed E-state index contributed by atoms with van der Waals surface area (Å²) in [5.74, 6) is 0. The second kappa shape index (κ2) is 6.66. The zero-order chi connectivity index (χ0) is 18.3. The highest BCUT2D eigenvalue weighted by Gasteiger charge is 2.46. The van der Waals surface area contributed by atoms with Gasteiger partial charge in [-0.05, 0) is 49.3 Å². The van der Waals surface area contributed by atoms with Gasteiger partial charge in [0.1, 0.15) is 12.2 Å². The summed E-state index contributed by atoms with van der Waals surface area (Å²) in [6, 6.07) is 0. The Morgan fingerprint density at radius 2 is 1.26 bits per heavy atom. The Bertz CT molecular complexity index is 431. The second-order valence-corrected chi connectivity index (χ2v) is 19.4. The number of ether oxygens (including phenoxy) is 1. The van der Waals surface area contributed by atoms with Crippen LogP contribution in [-0.2, 0) is 13.6 Å². The average molecular weight is 359 g/mol. The molecule has 0 aromatic rings. The molecule has 0 saturated carbocycles. The fourth-order valence-corrected chi connectivity index (χ4v) is 4.61. The molecule has 0 N–H and O–H groups in total. The Morgan fingerprint density at radius 1 is 0.826 bits per heavy atom. The van der Waals surface area contributed by atoms with Crippen molar-refractivity contribution in [2.24, 2.45) is 0 Å². The molecule has 136 valence electrons. The molecule has 1 heterocycles. The minimum atomic E-state index is -1.88. The van der Waals surface area contributed by atoms with Crippen LogP contribution in [-0.4, -0.2) is 34.9 Å². The highest BCUT2D eigenvalue weighted by Crippen LogP contribution is 2.41. The number of hydrogen-bond donors (Lipinski definition) is 0. The van der Waals surface area contributed by atoms with Gasteiger partial charge in [0, 0.05) is 0 Å². The van der Waals surface area contributed by atoms with E-state index in [1.165, 1.54) is 0 Å². The molecule has 1 aliphatic heterocycles. The summed E-state index contributed by atoms with van der Waals surface area (Å²) in [4.78, 5) is 0. The Kier molecular flexibility index (Phi) is 6.06. The van der Waals surface area contributed by atoms with E-state index in [0.29, 0.717) is 0 Å². The van der Waals surface area contributed by atoms with Gasteiger partial charge in [-0.25, -0.2) is 0 Å². The van der Waals surface area contributed by atoms with Crippen LogP contribution in [0.5, 0.6) is 0 Å². The molecule has 0 unspecified atom stereocenters. The van der Waals surface area contributed by atoms with Crippen molar-refractivity contribution in [3.05, 3.63) is 12.3 Å². The minimum Gasteiger partial charge on any atom is -0.496 e. The maximum absolute atomic E-state index is 6.69. The standard InChI is InChI=1S/C18H38O3Si2/c1-14-16(21-23(10,11)18(5,6)7)15(12-13-19-14)20-22(8,9)17(2,3)4/h12-16H,1-11H3/t14-,15-,16+/m0/s1. The summed E-state index contributed by atoms with van der Waals surface area (Å²) in [5, 5.41) is 0.360. The lowest BCUT2D eigenvalue weighted by Crippen LogP contribution is -2.55. The van der Waals surface area contributed by atoms with Gasteiger partial charge >= 0.3 is 0 Å². The van der Waals surface area contributed by atoms with Crippen molar-refractivity contribution in [3.63, 3.8) is 0 Å². The molecule has 3 atom stereocenters. The molecule has 23 heavy (non-hydrogen) atoms. The summed E-state index contributed by atoms with van der Waals surface area (Å²) in [7, 11) is -3.73. The monoisotopic (exact) mass is 358 g/mol. The molecular formula is C18H38O3Si2. The van der Waals surface area contributed by atoms with Crippen LogP contribution >= 0.6 is 0 Å². The smallest absolute Gasteiger partial charge is 0.193 e. The summed E-state index contributed by atoms with van der Waals surface area (Å²) in [5.41, 5.74) is 0. The van der Waals surface area contributed by atoms with Crippen molar-refractivity contribution in [2.45, 2.75) is 103 Å². The summed E-state index contributed by atoms with van der Waals surface area (Å²) >= 11 is 0. The van der Waals surface area contributed by atoms with Crippen molar-refractivity contribution in [1.82, 2.24) is 0 Å².